The standard InChI is InChI=1S/C62H59N4O.Pt/c1-59(2,3)44-23-17-24-48(35-44)65-41-64(55-32-28-47(37-57(55)65)62(9,10)43-21-15-12-16-22-43)49-25-18-26-50(39-49)67-51-29-30-52-53-36-46(61(7,8)42-19-13-11-14-20-42)27-31-54(53)66(56(52)40-51)58-38-45(33-34-63-58)60(4,5)6;/h11-38,41H,1-10H3;/q-3;. The first kappa shape index (κ1) is 46.7. The van der Waals surface area contributed by atoms with Crippen molar-refractivity contribution in [1.29, 1.82) is 0 Å². The molecule has 0 atom stereocenters. The van der Waals surface area contributed by atoms with E-state index in [-0.39, 0.29) is 42.7 Å². The summed E-state index contributed by atoms with van der Waals surface area (Å²) >= 11 is 0. The van der Waals surface area contributed by atoms with E-state index < -0.39 is 0 Å². The van der Waals surface area contributed by atoms with Crippen molar-refractivity contribution < 1.29 is 25.8 Å². The second-order valence-corrected chi connectivity index (χ2v) is 21.1. The summed E-state index contributed by atoms with van der Waals surface area (Å²) in [6.45, 7) is 24.9. The molecule has 0 aliphatic carbocycles. The van der Waals surface area contributed by atoms with Crippen LogP contribution in [0.2, 0.25) is 0 Å². The molecule has 3 heterocycles. The quantitative estimate of drug-likeness (QED) is 0.135. The van der Waals surface area contributed by atoms with Gasteiger partial charge >= 0.3 is 0 Å². The first-order valence-corrected chi connectivity index (χ1v) is 23.4. The average Bonchev–Trinajstić information content (AvgIpc) is 3.87. The molecule has 9 aromatic rings. The van der Waals surface area contributed by atoms with E-state index in [4.69, 9.17) is 9.72 Å². The Morgan fingerprint density at radius 2 is 1.07 bits per heavy atom. The van der Waals surface area contributed by atoms with E-state index in [1.54, 1.807) is 0 Å². The van der Waals surface area contributed by atoms with Gasteiger partial charge in [-0.1, -0.05) is 166 Å². The van der Waals surface area contributed by atoms with E-state index in [2.05, 4.69) is 248 Å². The number of anilines is 4. The molecule has 0 spiro atoms. The predicted octanol–water partition coefficient (Wildman–Crippen LogP) is 16.2. The maximum Gasteiger partial charge on any atom is 0.135 e. The number of aromatic nitrogens is 2. The van der Waals surface area contributed by atoms with E-state index >= 15 is 0 Å². The van der Waals surface area contributed by atoms with Gasteiger partial charge in [-0.15, -0.1) is 48.1 Å². The Morgan fingerprint density at radius 1 is 0.471 bits per heavy atom. The average molecular weight is 1070 g/mol. The molecule has 2 aromatic heterocycles. The first-order chi connectivity index (χ1) is 32.0. The fraction of sp³-hybridized carbons (Fsp3) is 0.226. The summed E-state index contributed by atoms with van der Waals surface area (Å²) in [5.74, 6) is 2.04. The summed E-state index contributed by atoms with van der Waals surface area (Å²) < 4.78 is 8.99. The number of benzene rings is 7. The Morgan fingerprint density at radius 3 is 1.75 bits per heavy atom. The van der Waals surface area contributed by atoms with Gasteiger partial charge in [0.1, 0.15) is 5.82 Å². The Balaban J connectivity index is 0.00000578. The zero-order chi connectivity index (χ0) is 46.9. The van der Waals surface area contributed by atoms with Gasteiger partial charge < -0.3 is 19.1 Å². The number of fused-ring (bicyclic) bond motifs is 4. The first-order valence-electron chi connectivity index (χ1n) is 23.4. The summed E-state index contributed by atoms with van der Waals surface area (Å²) in [5, 5.41) is 2.23. The van der Waals surface area contributed by atoms with Gasteiger partial charge in [0, 0.05) is 72.2 Å². The van der Waals surface area contributed by atoms with Crippen molar-refractivity contribution in [1.82, 2.24) is 9.55 Å². The summed E-state index contributed by atoms with van der Waals surface area (Å²) in [6, 6.07) is 66.1. The van der Waals surface area contributed by atoms with E-state index in [0.29, 0.717) is 11.5 Å². The van der Waals surface area contributed by atoms with Crippen LogP contribution in [-0.4, -0.2) is 9.55 Å². The molecule has 0 radical (unpaired) electrons. The fourth-order valence-corrected chi connectivity index (χ4v) is 9.48. The molecule has 1 aliphatic rings. The van der Waals surface area contributed by atoms with Gasteiger partial charge in [0.15, 0.2) is 0 Å². The molecule has 0 fully saturated rings. The summed E-state index contributed by atoms with van der Waals surface area (Å²) in [5.41, 5.74) is 13.2. The van der Waals surface area contributed by atoms with Crippen molar-refractivity contribution in [2.24, 2.45) is 0 Å². The van der Waals surface area contributed by atoms with Crippen LogP contribution in [0.5, 0.6) is 11.5 Å². The molecular weight excluding hydrogens is 1010 g/mol. The second kappa shape index (κ2) is 17.6. The number of hydrogen-bond donors (Lipinski definition) is 0. The number of nitrogens with zero attached hydrogens (tertiary/aromatic N) is 4. The normalized spacial score (nSPS) is 13.2. The van der Waals surface area contributed by atoms with Crippen molar-refractivity contribution in [3.63, 3.8) is 0 Å². The molecule has 68 heavy (non-hydrogen) atoms. The Kier molecular flexibility index (Phi) is 12.1. The third-order valence-corrected chi connectivity index (χ3v) is 13.9. The smallest absolute Gasteiger partial charge is 0.135 e. The molecule has 7 aromatic carbocycles. The summed E-state index contributed by atoms with van der Waals surface area (Å²) in [7, 11) is 0. The summed E-state index contributed by atoms with van der Waals surface area (Å²) in [6.07, 6.45) is 1.92. The van der Waals surface area contributed by atoms with Crippen LogP contribution in [0.3, 0.4) is 0 Å². The van der Waals surface area contributed by atoms with E-state index in [9.17, 15) is 0 Å². The van der Waals surface area contributed by atoms with Gasteiger partial charge in [-0.25, -0.2) is 4.98 Å². The van der Waals surface area contributed by atoms with Crippen LogP contribution in [0.4, 0.5) is 22.7 Å². The van der Waals surface area contributed by atoms with Crippen molar-refractivity contribution in [2.75, 3.05) is 9.80 Å². The molecule has 10 rings (SSSR count). The van der Waals surface area contributed by atoms with Crippen LogP contribution in [-0.2, 0) is 42.7 Å². The van der Waals surface area contributed by atoms with Crippen molar-refractivity contribution in [3.05, 3.63) is 222 Å². The van der Waals surface area contributed by atoms with Gasteiger partial charge in [-0.3, -0.25) is 0 Å². The van der Waals surface area contributed by atoms with Crippen LogP contribution in [0.15, 0.2) is 170 Å². The van der Waals surface area contributed by atoms with Gasteiger partial charge in [0.25, 0.3) is 0 Å². The molecule has 0 saturated heterocycles. The Bertz CT molecular complexity index is 3280. The third-order valence-electron chi connectivity index (χ3n) is 13.9. The van der Waals surface area contributed by atoms with Crippen molar-refractivity contribution in [3.8, 4) is 17.3 Å². The third kappa shape index (κ3) is 8.56. The zero-order valence-corrected chi connectivity index (χ0v) is 43.0. The van der Waals surface area contributed by atoms with Gasteiger partial charge in [-0.2, -0.15) is 12.1 Å². The molecule has 0 N–H and O–H groups in total. The van der Waals surface area contributed by atoms with E-state index in [1.807, 2.05) is 24.4 Å². The zero-order valence-electron chi connectivity index (χ0n) is 40.8. The predicted molar refractivity (Wildman–Crippen MR) is 279 cm³/mol. The number of ether oxygens (including phenoxy) is 1. The largest absolute Gasteiger partial charge is 0.509 e. The molecule has 6 heteroatoms. The van der Waals surface area contributed by atoms with Crippen LogP contribution in [0, 0.1) is 18.8 Å². The molecule has 0 unspecified atom stereocenters. The molecule has 0 saturated carbocycles. The van der Waals surface area contributed by atoms with Crippen molar-refractivity contribution >= 4 is 44.6 Å². The van der Waals surface area contributed by atoms with Gasteiger partial charge in [0.2, 0.25) is 0 Å². The van der Waals surface area contributed by atoms with Gasteiger partial charge in [-0.05, 0) is 92.1 Å². The molecule has 346 valence electrons. The van der Waals surface area contributed by atoms with E-state index in [0.717, 1.165) is 50.4 Å². The SMILES string of the molecule is CC(C)(C)c1cccc(N2[CH-]N(c3[c-]c(Oc4[c-]c5c(cc4)c4cc(C(C)(C)c6ccccc6)ccc4n5-c4cc(C(C)(C)C)ccn4)ccc3)c3ccc(C(C)(C)c4ccccc4)cc32)c1.[Pt]. The maximum absolute atomic E-state index is 6.75. The topological polar surface area (TPSA) is 33.5 Å². The van der Waals surface area contributed by atoms with E-state index in [1.165, 1.54) is 33.4 Å². The van der Waals surface area contributed by atoms with Crippen LogP contribution >= 0.6 is 0 Å². The van der Waals surface area contributed by atoms with Crippen molar-refractivity contribution in [2.45, 2.75) is 90.9 Å². The van der Waals surface area contributed by atoms with Crippen LogP contribution in [0.25, 0.3) is 27.6 Å². The monoisotopic (exact) mass is 1070 g/mol. The fourth-order valence-electron chi connectivity index (χ4n) is 9.48. The maximum atomic E-state index is 6.75. The van der Waals surface area contributed by atoms with Gasteiger partial charge in [0.05, 0.1) is 0 Å². The number of pyridine rings is 1. The Labute approximate surface area is 417 Å². The molecular formula is C62H59N4OPt-3. The summed E-state index contributed by atoms with van der Waals surface area (Å²) in [4.78, 5) is 9.50. The Hall–Kier alpha value is -6.42. The molecule has 1 aliphatic heterocycles. The minimum absolute atomic E-state index is 0. The number of hydrogen-bond acceptors (Lipinski definition) is 4. The molecule has 0 bridgehead atoms. The second-order valence-electron chi connectivity index (χ2n) is 21.1. The molecule has 0 amide bonds. The minimum atomic E-state index is -0.210. The minimum Gasteiger partial charge on any atom is -0.509 e. The van der Waals surface area contributed by atoms with Crippen LogP contribution in [0.1, 0.15) is 103 Å². The molecule has 5 nitrogen and oxygen atoms in total. The van der Waals surface area contributed by atoms with Crippen LogP contribution < -0.4 is 14.5 Å². The number of rotatable bonds is 9.